The second kappa shape index (κ2) is 5.84. The van der Waals surface area contributed by atoms with E-state index in [4.69, 9.17) is 4.74 Å². The maximum absolute atomic E-state index is 10.3. The molecule has 1 fully saturated rings. The van der Waals surface area contributed by atoms with Crippen molar-refractivity contribution in [1.29, 1.82) is 0 Å². The van der Waals surface area contributed by atoms with Crippen LogP contribution in [0, 0.1) is 5.92 Å². The van der Waals surface area contributed by atoms with Gasteiger partial charge in [0, 0.05) is 16.5 Å². The van der Waals surface area contributed by atoms with E-state index in [-0.39, 0.29) is 12.2 Å². The number of rotatable bonds is 1. The number of hydrogen-bond donors (Lipinski definition) is 1. The quantitative estimate of drug-likeness (QED) is 0.765. The molecule has 0 bridgehead atoms. The first-order chi connectivity index (χ1) is 9.24. The smallest absolute Gasteiger partial charge is 0.126 e. The molecule has 1 aromatic rings. The topological polar surface area (TPSA) is 29.5 Å². The average molecular weight is 325 g/mol. The van der Waals surface area contributed by atoms with E-state index in [2.05, 4.69) is 15.9 Å². The molecule has 0 spiro atoms. The molecule has 104 valence electrons. The van der Waals surface area contributed by atoms with Crippen LogP contribution in [0.1, 0.15) is 56.6 Å². The van der Waals surface area contributed by atoms with Crippen molar-refractivity contribution in [3.05, 3.63) is 28.2 Å². The van der Waals surface area contributed by atoms with Crippen molar-refractivity contribution in [3.8, 4) is 5.75 Å². The van der Waals surface area contributed by atoms with Gasteiger partial charge in [0.15, 0.2) is 0 Å². The minimum Gasteiger partial charge on any atom is -0.490 e. The lowest BCUT2D eigenvalue weighted by molar-refractivity contribution is 0.0296. The van der Waals surface area contributed by atoms with Gasteiger partial charge in [0.1, 0.15) is 11.9 Å². The molecule has 0 saturated heterocycles. The number of fused-ring (bicyclic) bond motifs is 1. The standard InChI is InChI=1S/C16H21BrO2/c17-12-7-8-13-14(18)10-15(19-16(13)9-12)11-5-3-1-2-4-6-11/h7-9,11,14-15,18H,1-6,10H2/t14-,15?/m1/s1. The Morgan fingerprint density at radius 3 is 2.58 bits per heavy atom. The van der Waals surface area contributed by atoms with Gasteiger partial charge < -0.3 is 9.84 Å². The molecule has 1 N–H and O–H groups in total. The van der Waals surface area contributed by atoms with Gasteiger partial charge in [-0.3, -0.25) is 0 Å². The van der Waals surface area contributed by atoms with Crippen LogP contribution in [0.25, 0.3) is 0 Å². The number of benzene rings is 1. The van der Waals surface area contributed by atoms with Gasteiger partial charge in [0.05, 0.1) is 6.10 Å². The fourth-order valence-electron chi connectivity index (χ4n) is 3.42. The molecule has 1 saturated carbocycles. The average Bonchev–Trinajstić information content (AvgIpc) is 2.66. The molecule has 0 aromatic heterocycles. The van der Waals surface area contributed by atoms with E-state index in [1.54, 1.807) is 0 Å². The summed E-state index contributed by atoms with van der Waals surface area (Å²) < 4.78 is 7.20. The van der Waals surface area contributed by atoms with Gasteiger partial charge in [-0.15, -0.1) is 0 Å². The Balaban J connectivity index is 1.79. The molecule has 2 aliphatic rings. The monoisotopic (exact) mass is 324 g/mol. The third-order valence-corrected chi connectivity index (χ3v) is 4.99. The van der Waals surface area contributed by atoms with Crippen molar-refractivity contribution in [2.75, 3.05) is 0 Å². The molecule has 0 amide bonds. The zero-order valence-corrected chi connectivity index (χ0v) is 12.7. The molecule has 2 atom stereocenters. The van der Waals surface area contributed by atoms with E-state index in [9.17, 15) is 5.11 Å². The predicted molar refractivity (Wildman–Crippen MR) is 79.3 cm³/mol. The molecule has 1 heterocycles. The molecular formula is C16H21BrO2. The molecule has 1 unspecified atom stereocenters. The maximum atomic E-state index is 10.3. The van der Waals surface area contributed by atoms with Gasteiger partial charge in [0.2, 0.25) is 0 Å². The fourth-order valence-corrected chi connectivity index (χ4v) is 3.76. The largest absolute Gasteiger partial charge is 0.490 e. The van der Waals surface area contributed by atoms with Crippen LogP contribution < -0.4 is 4.74 Å². The summed E-state index contributed by atoms with van der Waals surface area (Å²) in [5.41, 5.74) is 0.938. The molecule has 1 aliphatic carbocycles. The van der Waals surface area contributed by atoms with Crippen molar-refractivity contribution in [2.24, 2.45) is 5.92 Å². The number of halogens is 1. The van der Waals surface area contributed by atoms with Gasteiger partial charge in [-0.1, -0.05) is 47.7 Å². The van der Waals surface area contributed by atoms with Crippen molar-refractivity contribution < 1.29 is 9.84 Å². The predicted octanol–water partition coefficient (Wildman–Crippen LogP) is 4.60. The lowest BCUT2D eigenvalue weighted by Crippen LogP contribution is -2.32. The van der Waals surface area contributed by atoms with Crippen molar-refractivity contribution in [2.45, 2.75) is 57.2 Å². The highest BCUT2D eigenvalue weighted by Gasteiger charge is 2.32. The Hall–Kier alpha value is -0.540. The molecule has 1 aliphatic heterocycles. The van der Waals surface area contributed by atoms with Crippen LogP contribution in [0.15, 0.2) is 22.7 Å². The van der Waals surface area contributed by atoms with Gasteiger partial charge >= 0.3 is 0 Å². The molecule has 3 heteroatoms. The molecule has 1 aromatic carbocycles. The number of aliphatic hydroxyl groups is 1. The van der Waals surface area contributed by atoms with Crippen LogP contribution in [-0.4, -0.2) is 11.2 Å². The number of aliphatic hydroxyl groups excluding tert-OH is 1. The summed E-state index contributed by atoms with van der Waals surface area (Å²) in [6, 6.07) is 5.92. The normalized spacial score (nSPS) is 28.3. The summed E-state index contributed by atoms with van der Waals surface area (Å²) in [5, 5.41) is 10.3. The zero-order valence-electron chi connectivity index (χ0n) is 11.1. The van der Waals surface area contributed by atoms with Crippen LogP contribution in [0.3, 0.4) is 0 Å². The molecule has 19 heavy (non-hydrogen) atoms. The summed E-state index contributed by atoms with van der Waals surface area (Å²) in [7, 11) is 0. The summed E-state index contributed by atoms with van der Waals surface area (Å²) in [4.78, 5) is 0. The highest BCUT2D eigenvalue weighted by atomic mass is 79.9. The van der Waals surface area contributed by atoms with E-state index < -0.39 is 0 Å². The first-order valence-corrected chi connectivity index (χ1v) is 8.17. The third-order valence-electron chi connectivity index (χ3n) is 4.49. The molecule has 0 radical (unpaired) electrons. The highest BCUT2D eigenvalue weighted by molar-refractivity contribution is 9.10. The van der Waals surface area contributed by atoms with E-state index in [1.165, 1.54) is 38.5 Å². The Bertz CT molecular complexity index is 438. The highest BCUT2D eigenvalue weighted by Crippen LogP contribution is 2.40. The van der Waals surface area contributed by atoms with E-state index in [0.29, 0.717) is 5.92 Å². The lowest BCUT2D eigenvalue weighted by Gasteiger charge is -2.34. The van der Waals surface area contributed by atoms with Gasteiger partial charge in [-0.05, 0) is 30.9 Å². The van der Waals surface area contributed by atoms with Gasteiger partial charge in [0.25, 0.3) is 0 Å². The Labute approximate surface area is 123 Å². The molecule has 2 nitrogen and oxygen atoms in total. The van der Waals surface area contributed by atoms with E-state index in [1.807, 2.05) is 18.2 Å². The summed E-state index contributed by atoms with van der Waals surface area (Å²) >= 11 is 3.48. The van der Waals surface area contributed by atoms with Crippen molar-refractivity contribution >= 4 is 15.9 Å². The first kappa shape index (κ1) is 13.4. The lowest BCUT2D eigenvalue weighted by atomic mass is 9.87. The Morgan fingerprint density at radius 1 is 1.11 bits per heavy atom. The van der Waals surface area contributed by atoms with Gasteiger partial charge in [-0.2, -0.15) is 0 Å². The van der Waals surface area contributed by atoms with E-state index >= 15 is 0 Å². The summed E-state index contributed by atoms with van der Waals surface area (Å²) in [6.07, 6.45) is 8.40. The molecule has 3 rings (SSSR count). The van der Waals surface area contributed by atoms with E-state index in [0.717, 1.165) is 22.2 Å². The Morgan fingerprint density at radius 2 is 1.84 bits per heavy atom. The molecular weight excluding hydrogens is 304 g/mol. The first-order valence-electron chi connectivity index (χ1n) is 7.38. The Kier molecular flexibility index (Phi) is 4.13. The summed E-state index contributed by atoms with van der Waals surface area (Å²) in [6.45, 7) is 0. The van der Waals surface area contributed by atoms with Crippen molar-refractivity contribution in [1.82, 2.24) is 0 Å². The summed E-state index contributed by atoms with van der Waals surface area (Å²) in [5.74, 6) is 1.48. The fraction of sp³-hybridized carbons (Fsp3) is 0.625. The second-order valence-corrected chi connectivity index (χ2v) is 6.76. The zero-order chi connectivity index (χ0) is 13.2. The minimum absolute atomic E-state index is 0.190. The number of hydrogen-bond acceptors (Lipinski definition) is 2. The van der Waals surface area contributed by atoms with Crippen LogP contribution in [0.2, 0.25) is 0 Å². The minimum atomic E-state index is -0.370. The van der Waals surface area contributed by atoms with Crippen LogP contribution in [0.5, 0.6) is 5.75 Å². The van der Waals surface area contributed by atoms with Crippen LogP contribution in [-0.2, 0) is 0 Å². The second-order valence-electron chi connectivity index (χ2n) is 5.84. The number of ether oxygens (including phenoxy) is 1. The van der Waals surface area contributed by atoms with Crippen molar-refractivity contribution in [3.63, 3.8) is 0 Å². The third kappa shape index (κ3) is 2.97. The van der Waals surface area contributed by atoms with Crippen LogP contribution in [0.4, 0.5) is 0 Å². The van der Waals surface area contributed by atoms with Gasteiger partial charge in [-0.25, -0.2) is 0 Å². The SMILES string of the molecule is O[C@@H]1CC(C2CCCCCC2)Oc2cc(Br)ccc21. The maximum Gasteiger partial charge on any atom is 0.126 e. The van der Waals surface area contributed by atoms with Crippen LogP contribution >= 0.6 is 15.9 Å².